The van der Waals surface area contributed by atoms with Crippen LogP contribution in [0.4, 0.5) is 5.69 Å². The number of carbonyl (C=O) groups excluding carboxylic acids is 3. The largest absolute Gasteiger partial charge is 0.339 e. The summed E-state index contributed by atoms with van der Waals surface area (Å²) in [7, 11) is 0. The topological polar surface area (TPSA) is 70.1 Å². The van der Waals surface area contributed by atoms with Gasteiger partial charge in [-0.25, -0.2) is 0 Å². The molecule has 5 rings (SSSR count). The van der Waals surface area contributed by atoms with Crippen LogP contribution in [0.5, 0.6) is 0 Å². The lowest BCUT2D eigenvalue weighted by atomic mass is 9.75. The van der Waals surface area contributed by atoms with Crippen LogP contribution in [-0.4, -0.2) is 47.5 Å². The molecule has 0 radical (unpaired) electrons. The second-order valence-corrected chi connectivity index (χ2v) is 9.23. The Hall–Kier alpha value is -2.99. The zero-order valence-corrected chi connectivity index (χ0v) is 18.4. The molecule has 2 amide bonds. The van der Waals surface area contributed by atoms with Crippen molar-refractivity contribution in [3.05, 3.63) is 65.2 Å². The highest BCUT2D eigenvalue weighted by Gasteiger charge is 2.49. The second-order valence-electron chi connectivity index (χ2n) is 8.79. The van der Waals surface area contributed by atoms with E-state index in [1.165, 1.54) is 0 Å². The van der Waals surface area contributed by atoms with Gasteiger partial charge in [0.15, 0.2) is 6.04 Å². The van der Waals surface area contributed by atoms with Crippen molar-refractivity contribution in [1.29, 1.82) is 0 Å². The number of hydrogen-bond acceptors (Lipinski definition) is 4. The highest BCUT2D eigenvalue weighted by molar-refractivity contribution is 6.46. The van der Waals surface area contributed by atoms with Gasteiger partial charge in [-0.15, -0.1) is 0 Å². The number of amidine groups is 1. The first-order valence-electron chi connectivity index (χ1n) is 11.0. The molecule has 7 heteroatoms. The van der Waals surface area contributed by atoms with Crippen molar-refractivity contribution >= 4 is 40.7 Å². The van der Waals surface area contributed by atoms with Gasteiger partial charge >= 0.3 is 5.91 Å². The van der Waals surface area contributed by atoms with Crippen LogP contribution in [0.2, 0.25) is 5.02 Å². The van der Waals surface area contributed by atoms with Crippen LogP contribution in [-0.2, 0) is 19.8 Å². The molecule has 1 saturated heterocycles. The summed E-state index contributed by atoms with van der Waals surface area (Å²) in [5, 5.41) is 0.681. The zero-order chi connectivity index (χ0) is 22.3. The molecule has 1 aliphatic carbocycles. The highest BCUT2D eigenvalue weighted by atomic mass is 35.5. The molecule has 2 aromatic carbocycles. The molecule has 1 saturated carbocycles. The van der Waals surface area contributed by atoms with Gasteiger partial charge < -0.3 is 9.80 Å². The predicted molar refractivity (Wildman–Crippen MR) is 123 cm³/mol. The number of hydrogen-bond donors (Lipinski definition) is 0. The van der Waals surface area contributed by atoms with Crippen LogP contribution < -0.4 is 4.90 Å². The molecule has 164 valence electrons. The molecule has 2 aliphatic heterocycles. The van der Waals surface area contributed by atoms with Gasteiger partial charge in [0.25, 0.3) is 11.7 Å². The summed E-state index contributed by atoms with van der Waals surface area (Å²) in [5.74, 6) is -1.38. The molecule has 1 atom stereocenters. The number of rotatable bonds is 4. The van der Waals surface area contributed by atoms with E-state index in [0.717, 1.165) is 36.9 Å². The fraction of sp³-hybridized carbons (Fsp3) is 0.360. The number of anilines is 1. The molecule has 0 aromatic heterocycles. The first kappa shape index (κ1) is 20.9. The third-order valence-electron chi connectivity index (χ3n) is 6.98. The third kappa shape index (κ3) is 3.52. The van der Waals surface area contributed by atoms with E-state index in [9.17, 15) is 14.4 Å². The van der Waals surface area contributed by atoms with E-state index in [1.807, 2.05) is 54.6 Å². The summed E-state index contributed by atoms with van der Waals surface area (Å²) in [6.07, 6.45) is 4.65. The van der Waals surface area contributed by atoms with Crippen molar-refractivity contribution < 1.29 is 14.4 Å². The van der Waals surface area contributed by atoms with Crippen LogP contribution in [0.15, 0.2) is 59.6 Å². The first-order valence-corrected chi connectivity index (χ1v) is 11.4. The summed E-state index contributed by atoms with van der Waals surface area (Å²) in [6, 6.07) is 16.0. The summed E-state index contributed by atoms with van der Waals surface area (Å²) in [5.41, 5.74) is 1.72. The Morgan fingerprint density at radius 3 is 2.31 bits per heavy atom. The first-order chi connectivity index (χ1) is 15.5. The summed E-state index contributed by atoms with van der Waals surface area (Å²) in [6.45, 7) is 0.896. The Kier molecular flexibility index (Phi) is 5.33. The maximum atomic E-state index is 13.3. The molecule has 0 spiro atoms. The lowest BCUT2D eigenvalue weighted by molar-refractivity contribution is -0.144. The molecular formula is C25H24ClN3O3. The van der Waals surface area contributed by atoms with Gasteiger partial charge in [0.1, 0.15) is 5.84 Å². The lowest BCUT2D eigenvalue weighted by Gasteiger charge is -2.44. The van der Waals surface area contributed by atoms with Crippen LogP contribution in [0.1, 0.15) is 37.7 Å². The Morgan fingerprint density at radius 2 is 1.62 bits per heavy atom. The SMILES string of the molecule is O=C1N=C(CC2(c3ccc(Cl)cc3)CCCC2)N2CCN(c3ccccc3)C(=O)C2C1=O. The van der Waals surface area contributed by atoms with Gasteiger partial charge in [-0.05, 0) is 42.7 Å². The van der Waals surface area contributed by atoms with E-state index in [-0.39, 0.29) is 11.3 Å². The van der Waals surface area contributed by atoms with Crippen molar-refractivity contribution in [2.24, 2.45) is 4.99 Å². The van der Waals surface area contributed by atoms with Crippen molar-refractivity contribution in [2.75, 3.05) is 18.0 Å². The average molecular weight is 450 g/mol. The number of halogens is 1. The van der Waals surface area contributed by atoms with E-state index in [0.29, 0.717) is 30.4 Å². The molecule has 2 aromatic rings. The normalized spacial score (nSPS) is 22.7. The smallest absolute Gasteiger partial charge is 0.317 e. The molecule has 2 heterocycles. The summed E-state index contributed by atoms with van der Waals surface area (Å²) in [4.78, 5) is 46.2. The van der Waals surface area contributed by atoms with Crippen LogP contribution >= 0.6 is 11.6 Å². The highest BCUT2D eigenvalue weighted by Crippen LogP contribution is 2.45. The van der Waals surface area contributed by atoms with Gasteiger partial charge in [-0.2, -0.15) is 4.99 Å². The molecule has 2 fully saturated rings. The van der Waals surface area contributed by atoms with E-state index >= 15 is 0 Å². The Bertz CT molecular complexity index is 1090. The van der Waals surface area contributed by atoms with E-state index < -0.39 is 17.7 Å². The van der Waals surface area contributed by atoms with E-state index in [4.69, 9.17) is 11.6 Å². The second kappa shape index (κ2) is 8.17. The fourth-order valence-electron chi connectivity index (χ4n) is 5.34. The van der Waals surface area contributed by atoms with Crippen molar-refractivity contribution in [2.45, 2.75) is 43.6 Å². The van der Waals surface area contributed by atoms with Gasteiger partial charge in [-0.3, -0.25) is 14.4 Å². The van der Waals surface area contributed by atoms with Crippen LogP contribution in [0, 0.1) is 0 Å². The van der Waals surface area contributed by atoms with Crippen molar-refractivity contribution in [1.82, 2.24) is 4.90 Å². The summed E-state index contributed by atoms with van der Waals surface area (Å²) < 4.78 is 0. The molecule has 3 aliphatic rings. The van der Waals surface area contributed by atoms with Crippen molar-refractivity contribution in [3.63, 3.8) is 0 Å². The number of piperazine rings is 1. The maximum absolute atomic E-state index is 13.3. The number of para-hydroxylation sites is 1. The number of Topliss-reactive ketones (excluding diaryl/α,β-unsaturated/α-hetero) is 1. The summed E-state index contributed by atoms with van der Waals surface area (Å²) >= 11 is 6.11. The zero-order valence-electron chi connectivity index (χ0n) is 17.7. The standard InChI is InChI=1S/C25H24ClN3O3/c26-18-10-8-17(9-11-18)25(12-4-5-13-25)16-20-27-23(31)22(30)21-24(32)28(14-15-29(20)21)19-6-2-1-3-7-19/h1-3,6-11,21H,4-5,12-16H2. The van der Waals surface area contributed by atoms with E-state index in [1.54, 1.807) is 9.80 Å². The third-order valence-corrected chi connectivity index (χ3v) is 7.23. The Balaban J connectivity index is 1.47. The maximum Gasteiger partial charge on any atom is 0.317 e. The Morgan fingerprint density at radius 1 is 0.938 bits per heavy atom. The Labute approximate surface area is 191 Å². The van der Waals surface area contributed by atoms with E-state index in [2.05, 4.69) is 4.99 Å². The number of aliphatic imine (C=N–C) groups is 1. The monoisotopic (exact) mass is 449 g/mol. The van der Waals surface area contributed by atoms with Crippen LogP contribution in [0.3, 0.4) is 0 Å². The van der Waals surface area contributed by atoms with Crippen molar-refractivity contribution in [3.8, 4) is 0 Å². The molecule has 6 nitrogen and oxygen atoms in total. The molecule has 32 heavy (non-hydrogen) atoms. The molecule has 0 bridgehead atoms. The average Bonchev–Trinajstić information content (AvgIpc) is 3.28. The molecular weight excluding hydrogens is 426 g/mol. The number of fused-ring (bicyclic) bond motifs is 1. The van der Waals surface area contributed by atoms with Gasteiger partial charge in [0, 0.05) is 35.6 Å². The van der Waals surface area contributed by atoms with Crippen LogP contribution in [0.25, 0.3) is 0 Å². The number of benzene rings is 2. The molecule has 0 N–H and O–H groups in total. The number of ketones is 1. The van der Waals surface area contributed by atoms with Gasteiger partial charge in [0.05, 0.1) is 0 Å². The number of carbonyl (C=O) groups is 3. The van der Waals surface area contributed by atoms with Gasteiger partial charge in [0.2, 0.25) is 0 Å². The number of amides is 2. The minimum Gasteiger partial charge on any atom is -0.339 e. The minimum atomic E-state index is -1.13. The predicted octanol–water partition coefficient (Wildman–Crippen LogP) is 3.77. The lowest BCUT2D eigenvalue weighted by Crippen LogP contribution is -2.65. The minimum absolute atomic E-state index is 0.172. The number of nitrogens with zero attached hydrogens (tertiary/aromatic N) is 3. The molecule has 1 unspecified atom stereocenters. The fourth-order valence-corrected chi connectivity index (χ4v) is 5.47. The van der Waals surface area contributed by atoms with Gasteiger partial charge in [-0.1, -0.05) is 54.8 Å². The quantitative estimate of drug-likeness (QED) is 0.526.